The molecule has 0 fully saturated rings. The fourth-order valence-corrected chi connectivity index (χ4v) is 2.10. The van der Waals surface area contributed by atoms with Gasteiger partial charge in [0.15, 0.2) is 0 Å². The Bertz CT molecular complexity index is 775. The van der Waals surface area contributed by atoms with Crippen molar-refractivity contribution in [1.29, 1.82) is 0 Å². The zero-order chi connectivity index (χ0) is 14.3. The number of nitrogen functional groups attached to an aromatic ring is 1. The third-order valence-corrected chi connectivity index (χ3v) is 2.99. The van der Waals surface area contributed by atoms with Gasteiger partial charge in [-0.15, -0.1) is 0 Å². The fourth-order valence-electron chi connectivity index (χ4n) is 2.10. The maximum atomic E-state index is 12.8. The predicted octanol–water partition coefficient (Wildman–Crippen LogP) is 3.63. The highest BCUT2D eigenvalue weighted by Gasteiger charge is 2.31. The number of aromatic nitrogens is 2. The molecule has 1 heterocycles. The molecule has 1 aromatic heterocycles. The molecule has 3 nitrogen and oxygen atoms in total. The summed E-state index contributed by atoms with van der Waals surface area (Å²) in [7, 11) is 0. The van der Waals surface area contributed by atoms with Crippen molar-refractivity contribution in [1.82, 2.24) is 9.78 Å². The first-order valence-electron chi connectivity index (χ1n) is 5.86. The highest BCUT2D eigenvalue weighted by Crippen LogP contribution is 2.32. The number of hydrogen-bond donors (Lipinski definition) is 1. The van der Waals surface area contributed by atoms with E-state index in [1.807, 2.05) is 12.1 Å². The minimum atomic E-state index is -4.44. The number of nitrogens with two attached hydrogens (primary N) is 1. The highest BCUT2D eigenvalue weighted by atomic mass is 19.4. The molecule has 0 unspecified atom stereocenters. The molecular weight excluding hydrogens is 267 g/mol. The van der Waals surface area contributed by atoms with Crippen LogP contribution in [0.5, 0.6) is 0 Å². The summed E-state index contributed by atoms with van der Waals surface area (Å²) in [6.45, 7) is 0. The molecule has 2 aromatic carbocycles. The van der Waals surface area contributed by atoms with Gasteiger partial charge in [-0.2, -0.15) is 18.3 Å². The number of alkyl halides is 3. The second kappa shape index (κ2) is 4.26. The summed E-state index contributed by atoms with van der Waals surface area (Å²) in [4.78, 5) is 0. The molecule has 0 amide bonds. The lowest BCUT2D eigenvalue weighted by molar-refractivity contribution is -0.137. The Kier molecular flexibility index (Phi) is 2.67. The van der Waals surface area contributed by atoms with E-state index in [1.54, 1.807) is 18.3 Å². The zero-order valence-corrected chi connectivity index (χ0v) is 10.2. The van der Waals surface area contributed by atoms with E-state index in [0.29, 0.717) is 5.69 Å². The maximum Gasteiger partial charge on any atom is 0.416 e. The Balaban J connectivity index is 2.22. The third-order valence-electron chi connectivity index (χ3n) is 2.99. The van der Waals surface area contributed by atoms with Gasteiger partial charge in [0.2, 0.25) is 0 Å². The van der Waals surface area contributed by atoms with Crippen LogP contribution in [0.2, 0.25) is 0 Å². The Labute approximate surface area is 112 Å². The summed E-state index contributed by atoms with van der Waals surface area (Å²) in [5.41, 5.74) is 5.85. The van der Waals surface area contributed by atoms with Gasteiger partial charge in [-0.05, 0) is 24.3 Å². The maximum absolute atomic E-state index is 12.8. The normalized spacial score (nSPS) is 11.9. The summed E-state index contributed by atoms with van der Waals surface area (Å²) >= 11 is 0. The van der Waals surface area contributed by atoms with Crippen molar-refractivity contribution in [2.75, 3.05) is 5.73 Å². The van der Waals surface area contributed by atoms with Gasteiger partial charge in [-0.1, -0.05) is 18.2 Å². The summed E-state index contributed by atoms with van der Waals surface area (Å²) in [5, 5.41) is 4.97. The molecule has 0 aliphatic carbocycles. The lowest BCUT2D eigenvalue weighted by atomic mass is 10.1. The molecule has 102 valence electrons. The van der Waals surface area contributed by atoms with Gasteiger partial charge in [0, 0.05) is 11.1 Å². The standard InChI is InChI=1S/C14H10F3N3/c15-14(16,17)10-5-11(18)7-12(6-10)20-13-4-2-1-3-9(13)8-19-20/h1-8H,18H2. The summed E-state index contributed by atoms with van der Waals surface area (Å²) in [6.07, 6.45) is -2.83. The highest BCUT2D eigenvalue weighted by molar-refractivity contribution is 5.80. The molecule has 0 saturated heterocycles. The second-order valence-corrected chi connectivity index (χ2v) is 4.43. The first-order valence-corrected chi connectivity index (χ1v) is 5.86. The van der Waals surface area contributed by atoms with Crippen LogP contribution in [0.25, 0.3) is 16.6 Å². The predicted molar refractivity (Wildman–Crippen MR) is 70.5 cm³/mol. The van der Waals surface area contributed by atoms with Crippen LogP contribution in [0, 0.1) is 0 Å². The van der Waals surface area contributed by atoms with Gasteiger partial charge in [-0.3, -0.25) is 0 Å². The minimum Gasteiger partial charge on any atom is -0.399 e. The van der Waals surface area contributed by atoms with E-state index in [-0.39, 0.29) is 5.69 Å². The van der Waals surface area contributed by atoms with E-state index in [1.165, 1.54) is 10.7 Å². The van der Waals surface area contributed by atoms with Crippen LogP contribution < -0.4 is 5.73 Å². The van der Waals surface area contributed by atoms with Crippen LogP contribution in [0.3, 0.4) is 0 Å². The van der Waals surface area contributed by atoms with Crippen LogP contribution in [0.1, 0.15) is 5.56 Å². The van der Waals surface area contributed by atoms with Crippen molar-refractivity contribution >= 4 is 16.6 Å². The first kappa shape index (κ1) is 12.5. The van der Waals surface area contributed by atoms with Gasteiger partial charge in [0.25, 0.3) is 0 Å². The van der Waals surface area contributed by atoms with E-state index >= 15 is 0 Å². The van der Waals surface area contributed by atoms with Crippen molar-refractivity contribution in [3.05, 3.63) is 54.2 Å². The van der Waals surface area contributed by atoms with Crippen LogP contribution in [-0.4, -0.2) is 9.78 Å². The molecule has 2 N–H and O–H groups in total. The van der Waals surface area contributed by atoms with Crippen molar-refractivity contribution in [2.45, 2.75) is 6.18 Å². The lowest BCUT2D eigenvalue weighted by Gasteiger charge is -2.11. The number of nitrogens with zero attached hydrogens (tertiary/aromatic N) is 2. The van der Waals surface area contributed by atoms with Gasteiger partial charge in [0.1, 0.15) is 0 Å². The quantitative estimate of drug-likeness (QED) is 0.690. The largest absolute Gasteiger partial charge is 0.416 e. The molecule has 3 aromatic rings. The second-order valence-electron chi connectivity index (χ2n) is 4.43. The molecular formula is C14H10F3N3. The summed E-state index contributed by atoms with van der Waals surface area (Å²) in [6, 6.07) is 10.7. The van der Waals surface area contributed by atoms with Gasteiger partial charge >= 0.3 is 6.18 Å². The Morgan fingerprint density at radius 3 is 2.55 bits per heavy atom. The smallest absolute Gasteiger partial charge is 0.399 e. The van der Waals surface area contributed by atoms with Gasteiger partial charge in [0.05, 0.1) is 23.0 Å². The molecule has 3 rings (SSSR count). The van der Waals surface area contributed by atoms with Crippen molar-refractivity contribution in [3.8, 4) is 5.69 Å². The molecule has 0 bridgehead atoms. The summed E-state index contributed by atoms with van der Waals surface area (Å²) < 4.78 is 39.9. The molecule has 0 aliphatic rings. The van der Waals surface area contributed by atoms with Crippen molar-refractivity contribution in [2.24, 2.45) is 0 Å². The Morgan fingerprint density at radius 1 is 1.05 bits per heavy atom. The molecule has 6 heteroatoms. The van der Waals surface area contributed by atoms with E-state index in [2.05, 4.69) is 5.10 Å². The van der Waals surface area contributed by atoms with E-state index in [9.17, 15) is 13.2 Å². The average Bonchev–Trinajstić information content (AvgIpc) is 2.80. The number of fused-ring (bicyclic) bond motifs is 1. The monoisotopic (exact) mass is 277 g/mol. The van der Waals surface area contributed by atoms with Crippen molar-refractivity contribution in [3.63, 3.8) is 0 Å². The number of benzene rings is 2. The first-order chi connectivity index (χ1) is 9.45. The van der Waals surface area contributed by atoms with Crippen molar-refractivity contribution < 1.29 is 13.2 Å². The van der Waals surface area contributed by atoms with E-state index in [4.69, 9.17) is 5.73 Å². The number of rotatable bonds is 1. The molecule has 0 atom stereocenters. The number of halogens is 3. The van der Waals surface area contributed by atoms with Gasteiger partial charge < -0.3 is 5.73 Å². The van der Waals surface area contributed by atoms with E-state index in [0.717, 1.165) is 23.0 Å². The third kappa shape index (κ3) is 2.09. The van der Waals surface area contributed by atoms with E-state index < -0.39 is 11.7 Å². The molecule has 0 radical (unpaired) electrons. The van der Waals surface area contributed by atoms with Crippen LogP contribution in [0.15, 0.2) is 48.7 Å². The number of anilines is 1. The fraction of sp³-hybridized carbons (Fsp3) is 0.0714. The average molecular weight is 277 g/mol. The topological polar surface area (TPSA) is 43.8 Å². The van der Waals surface area contributed by atoms with Crippen LogP contribution >= 0.6 is 0 Å². The zero-order valence-electron chi connectivity index (χ0n) is 10.2. The molecule has 0 aliphatic heterocycles. The molecule has 20 heavy (non-hydrogen) atoms. The Hall–Kier alpha value is -2.50. The number of hydrogen-bond acceptors (Lipinski definition) is 2. The van der Waals surface area contributed by atoms with Crippen LogP contribution in [-0.2, 0) is 6.18 Å². The lowest BCUT2D eigenvalue weighted by Crippen LogP contribution is -2.08. The SMILES string of the molecule is Nc1cc(-n2ncc3ccccc32)cc(C(F)(F)F)c1. The van der Waals surface area contributed by atoms with Gasteiger partial charge in [-0.25, -0.2) is 4.68 Å². The summed E-state index contributed by atoms with van der Waals surface area (Å²) in [5.74, 6) is 0. The molecule has 0 spiro atoms. The molecule has 0 saturated carbocycles. The minimum absolute atomic E-state index is 0.0504. The van der Waals surface area contributed by atoms with Crippen LogP contribution in [0.4, 0.5) is 18.9 Å². The Morgan fingerprint density at radius 2 is 1.80 bits per heavy atom. The number of para-hydroxylation sites is 1.